The Kier molecular flexibility index (Phi) is 11.5. The standard InChI is InChI=1S/C15H27NO5/c1-2-3-4-5-6-7-8-9-10-11-12(17)21-15(20)13(16)14(18)19/h13H,2-11,16H2,1H3,(H,18,19). The van der Waals surface area contributed by atoms with Crippen molar-refractivity contribution in [1.29, 1.82) is 0 Å². The van der Waals surface area contributed by atoms with Gasteiger partial charge in [0.1, 0.15) is 0 Å². The number of carbonyl (C=O) groups is 3. The van der Waals surface area contributed by atoms with Gasteiger partial charge in [0.05, 0.1) is 0 Å². The molecule has 0 saturated heterocycles. The van der Waals surface area contributed by atoms with E-state index in [0.29, 0.717) is 6.42 Å². The maximum absolute atomic E-state index is 11.3. The molecule has 6 nitrogen and oxygen atoms in total. The first-order valence-electron chi connectivity index (χ1n) is 7.72. The lowest BCUT2D eigenvalue weighted by Crippen LogP contribution is -2.40. The molecular weight excluding hydrogens is 274 g/mol. The second-order valence-electron chi connectivity index (χ2n) is 5.19. The zero-order valence-electron chi connectivity index (χ0n) is 12.8. The molecule has 0 aliphatic heterocycles. The number of aliphatic carboxylic acids is 1. The van der Waals surface area contributed by atoms with E-state index in [1.165, 1.54) is 32.1 Å². The first-order chi connectivity index (χ1) is 9.99. The topological polar surface area (TPSA) is 107 Å². The van der Waals surface area contributed by atoms with Crippen molar-refractivity contribution in [3.63, 3.8) is 0 Å². The van der Waals surface area contributed by atoms with Crippen LogP contribution in [0.15, 0.2) is 0 Å². The molecule has 0 radical (unpaired) electrons. The van der Waals surface area contributed by atoms with Gasteiger partial charge in [-0.15, -0.1) is 0 Å². The minimum Gasteiger partial charge on any atom is -0.480 e. The number of hydrogen-bond acceptors (Lipinski definition) is 5. The molecule has 3 N–H and O–H groups in total. The van der Waals surface area contributed by atoms with Crippen molar-refractivity contribution < 1.29 is 24.2 Å². The molecule has 0 heterocycles. The molecule has 0 spiro atoms. The van der Waals surface area contributed by atoms with Gasteiger partial charge in [-0.2, -0.15) is 0 Å². The van der Waals surface area contributed by atoms with Crippen LogP contribution in [-0.4, -0.2) is 29.1 Å². The van der Waals surface area contributed by atoms with E-state index in [1.54, 1.807) is 0 Å². The second kappa shape index (κ2) is 12.3. The summed E-state index contributed by atoms with van der Waals surface area (Å²) in [6.07, 6.45) is 10.2. The van der Waals surface area contributed by atoms with Crippen molar-refractivity contribution in [2.75, 3.05) is 0 Å². The van der Waals surface area contributed by atoms with E-state index in [1.807, 2.05) is 0 Å². The predicted molar refractivity (Wildman–Crippen MR) is 78.6 cm³/mol. The number of carboxylic acid groups (broad SMARTS) is 1. The average Bonchev–Trinajstić information content (AvgIpc) is 2.44. The SMILES string of the molecule is CCCCCCCCCCCC(=O)OC(=O)C(N)C(=O)O. The van der Waals surface area contributed by atoms with Crippen LogP contribution in [0.25, 0.3) is 0 Å². The van der Waals surface area contributed by atoms with Gasteiger partial charge in [0, 0.05) is 6.42 Å². The van der Waals surface area contributed by atoms with E-state index >= 15 is 0 Å². The van der Waals surface area contributed by atoms with Gasteiger partial charge < -0.3 is 15.6 Å². The van der Waals surface area contributed by atoms with Gasteiger partial charge >= 0.3 is 17.9 Å². The quantitative estimate of drug-likeness (QED) is 0.325. The number of esters is 2. The van der Waals surface area contributed by atoms with Crippen molar-refractivity contribution in [2.24, 2.45) is 5.73 Å². The van der Waals surface area contributed by atoms with Crippen molar-refractivity contribution in [1.82, 2.24) is 0 Å². The molecule has 1 unspecified atom stereocenters. The predicted octanol–water partition coefficient (Wildman–Crippen LogP) is 2.39. The molecule has 0 aliphatic carbocycles. The molecule has 0 amide bonds. The fraction of sp³-hybridized carbons (Fsp3) is 0.800. The van der Waals surface area contributed by atoms with Crippen LogP contribution < -0.4 is 5.73 Å². The second-order valence-corrected chi connectivity index (χ2v) is 5.19. The summed E-state index contributed by atoms with van der Waals surface area (Å²) in [7, 11) is 0. The first kappa shape index (κ1) is 19.6. The van der Waals surface area contributed by atoms with Crippen LogP contribution in [-0.2, 0) is 19.1 Å². The Labute approximate surface area is 126 Å². The van der Waals surface area contributed by atoms with Gasteiger partial charge in [0.25, 0.3) is 0 Å². The summed E-state index contributed by atoms with van der Waals surface area (Å²) < 4.78 is 4.36. The van der Waals surface area contributed by atoms with Crippen LogP contribution in [0.1, 0.15) is 71.1 Å². The maximum Gasteiger partial charge on any atom is 0.342 e. The highest BCUT2D eigenvalue weighted by Crippen LogP contribution is 2.10. The summed E-state index contributed by atoms with van der Waals surface area (Å²) in [6.45, 7) is 2.19. The van der Waals surface area contributed by atoms with Crippen LogP contribution >= 0.6 is 0 Å². The van der Waals surface area contributed by atoms with Gasteiger partial charge in [0.15, 0.2) is 0 Å². The largest absolute Gasteiger partial charge is 0.480 e. The fourth-order valence-corrected chi connectivity index (χ4v) is 1.91. The number of nitrogens with two attached hydrogens (primary N) is 1. The van der Waals surface area contributed by atoms with Crippen molar-refractivity contribution >= 4 is 17.9 Å². The Morgan fingerprint density at radius 1 is 0.952 bits per heavy atom. The third-order valence-corrected chi connectivity index (χ3v) is 3.22. The minimum atomic E-state index is -1.79. The summed E-state index contributed by atoms with van der Waals surface area (Å²) in [5.41, 5.74) is 5.03. The highest BCUT2D eigenvalue weighted by molar-refractivity contribution is 6.01. The van der Waals surface area contributed by atoms with E-state index in [2.05, 4.69) is 11.7 Å². The van der Waals surface area contributed by atoms with Crippen molar-refractivity contribution in [2.45, 2.75) is 77.2 Å². The summed E-state index contributed by atoms with van der Waals surface area (Å²) >= 11 is 0. The third-order valence-electron chi connectivity index (χ3n) is 3.22. The lowest BCUT2D eigenvalue weighted by Gasteiger charge is -2.06. The number of carboxylic acids is 1. The third kappa shape index (κ3) is 11.0. The molecule has 0 aromatic rings. The Morgan fingerprint density at radius 3 is 1.90 bits per heavy atom. The van der Waals surface area contributed by atoms with Crippen LogP contribution in [0.4, 0.5) is 0 Å². The smallest absolute Gasteiger partial charge is 0.342 e. The Bertz CT molecular complexity index is 330. The van der Waals surface area contributed by atoms with Gasteiger partial charge in [-0.3, -0.25) is 4.79 Å². The number of hydrogen-bond donors (Lipinski definition) is 2. The van der Waals surface area contributed by atoms with Gasteiger partial charge in [0.2, 0.25) is 6.04 Å². The van der Waals surface area contributed by atoms with Gasteiger partial charge in [-0.05, 0) is 6.42 Å². The maximum atomic E-state index is 11.3. The molecule has 122 valence electrons. The molecule has 21 heavy (non-hydrogen) atoms. The summed E-state index contributed by atoms with van der Waals surface area (Å²) in [4.78, 5) is 32.8. The molecule has 0 bridgehead atoms. The molecule has 0 aromatic carbocycles. The molecule has 0 fully saturated rings. The van der Waals surface area contributed by atoms with Crippen LogP contribution in [0.3, 0.4) is 0 Å². The fourth-order valence-electron chi connectivity index (χ4n) is 1.91. The number of ether oxygens (including phenoxy) is 1. The molecule has 1 atom stereocenters. The van der Waals surface area contributed by atoms with E-state index in [9.17, 15) is 14.4 Å². The summed E-state index contributed by atoms with van der Waals surface area (Å²) in [6, 6.07) is -1.79. The zero-order chi connectivity index (χ0) is 16.1. The lowest BCUT2D eigenvalue weighted by molar-refractivity contribution is -0.163. The number of carbonyl (C=O) groups excluding carboxylic acids is 2. The van der Waals surface area contributed by atoms with Crippen LogP contribution in [0, 0.1) is 0 Å². The van der Waals surface area contributed by atoms with Crippen molar-refractivity contribution in [3.05, 3.63) is 0 Å². The molecule has 0 aromatic heterocycles. The highest BCUT2D eigenvalue weighted by atomic mass is 16.6. The zero-order valence-corrected chi connectivity index (χ0v) is 12.8. The lowest BCUT2D eigenvalue weighted by atomic mass is 10.1. The first-order valence-corrected chi connectivity index (χ1v) is 7.72. The van der Waals surface area contributed by atoms with Crippen molar-refractivity contribution in [3.8, 4) is 0 Å². The Hall–Kier alpha value is -1.43. The van der Waals surface area contributed by atoms with E-state index < -0.39 is 23.9 Å². The average molecular weight is 301 g/mol. The minimum absolute atomic E-state index is 0.119. The Balaban J connectivity index is 3.50. The number of unbranched alkanes of at least 4 members (excludes halogenated alkanes) is 8. The van der Waals surface area contributed by atoms with Gasteiger partial charge in [-0.25, -0.2) is 9.59 Å². The highest BCUT2D eigenvalue weighted by Gasteiger charge is 2.25. The molecule has 0 aliphatic rings. The Morgan fingerprint density at radius 2 is 1.43 bits per heavy atom. The normalized spacial score (nSPS) is 11.9. The molecular formula is C15H27NO5. The summed E-state index contributed by atoms with van der Waals surface area (Å²) in [5.74, 6) is -3.42. The van der Waals surface area contributed by atoms with Gasteiger partial charge in [-0.1, -0.05) is 58.3 Å². The molecule has 0 saturated carbocycles. The summed E-state index contributed by atoms with van der Waals surface area (Å²) in [5, 5.41) is 8.48. The number of rotatable bonds is 12. The molecule has 6 heteroatoms. The van der Waals surface area contributed by atoms with Crippen LogP contribution in [0.2, 0.25) is 0 Å². The van der Waals surface area contributed by atoms with E-state index in [-0.39, 0.29) is 6.42 Å². The molecule has 0 rings (SSSR count). The monoisotopic (exact) mass is 301 g/mol. The van der Waals surface area contributed by atoms with Crippen LogP contribution in [0.5, 0.6) is 0 Å². The van der Waals surface area contributed by atoms with E-state index in [4.69, 9.17) is 10.8 Å². The van der Waals surface area contributed by atoms with E-state index in [0.717, 1.165) is 19.3 Å².